The van der Waals surface area contributed by atoms with Crippen molar-refractivity contribution in [2.75, 3.05) is 11.9 Å². The van der Waals surface area contributed by atoms with E-state index in [1.165, 1.54) is 4.90 Å². The summed E-state index contributed by atoms with van der Waals surface area (Å²) in [6.07, 6.45) is -0.669. The van der Waals surface area contributed by atoms with Crippen molar-refractivity contribution in [1.82, 2.24) is 10.2 Å². The molecule has 3 amide bonds. The van der Waals surface area contributed by atoms with Crippen molar-refractivity contribution >= 4 is 23.6 Å². The van der Waals surface area contributed by atoms with Gasteiger partial charge in [-0.2, -0.15) is 0 Å². The number of ether oxygens (including phenoxy) is 1. The average molecular weight is 496 g/mol. The highest BCUT2D eigenvalue weighted by molar-refractivity contribution is 6.00. The second kappa shape index (κ2) is 12.1. The summed E-state index contributed by atoms with van der Waals surface area (Å²) >= 11 is 0. The van der Waals surface area contributed by atoms with Crippen molar-refractivity contribution in [3.8, 4) is 0 Å². The number of hydrogen-bond acceptors (Lipinski definition) is 4. The van der Waals surface area contributed by atoms with Crippen molar-refractivity contribution < 1.29 is 19.1 Å². The molecule has 2 unspecified atom stereocenters. The fraction of sp³-hybridized carbons (Fsp3) is 0.483. The van der Waals surface area contributed by atoms with Crippen LogP contribution in [0.4, 0.5) is 10.5 Å². The molecule has 0 fully saturated rings. The Morgan fingerprint density at radius 1 is 0.972 bits per heavy atom. The number of carbonyl (C=O) groups is 3. The summed E-state index contributed by atoms with van der Waals surface area (Å²) in [7, 11) is 0. The molecule has 0 spiro atoms. The normalized spacial score (nSPS) is 13.1. The van der Waals surface area contributed by atoms with Gasteiger partial charge in [0.2, 0.25) is 5.91 Å². The van der Waals surface area contributed by atoms with Gasteiger partial charge in [0, 0.05) is 12.2 Å². The molecule has 2 N–H and O–H groups in total. The highest BCUT2D eigenvalue weighted by Gasteiger charge is 2.37. The maximum atomic E-state index is 13.9. The monoisotopic (exact) mass is 495 g/mol. The number of carbonyl (C=O) groups excluding carboxylic acids is 3. The van der Waals surface area contributed by atoms with E-state index in [4.69, 9.17) is 4.74 Å². The van der Waals surface area contributed by atoms with Crippen molar-refractivity contribution in [3.05, 3.63) is 64.7 Å². The first-order valence-electron chi connectivity index (χ1n) is 12.5. The number of amides is 3. The molecule has 0 radical (unpaired) electrons. The maximum Gasteiger partial charge on any atom is 0.408 e. The van der Waals surface area contributed by atoms with E-state index in [1.54, 1.807) is 20.8 Å². The number of para-hydroxylation sites is 1. The molecular formula is C29H41N3O4. The fourth-order valence-corrected chi connectivity index (χ4v) is 4.11. The third-order valence-corrected chi connectivity index (χ3v) is 5.88. The minimum Gasteiger partial charge on any atom is -0.444 e. The van der Waals surface area contributed by atoms with E-state index in [2.05, 4.69) is 10.6 Å². The molecule has 0 bridgehead atoms. The van der Waals surface area contributed by atoms with Crippen LogP contribution in [0, 0.1) is 26.7 Å². The van der Waals surface area contributed by atoms with Crippen LogP contribution < -0.4 is 10.6 Å². The minimum absolute atomic E-state index is 0.223. The van der Waals surface area contributed by atoms with E-state index in [0.717, 1.165) is 22.4 Å². The summed E-state index contributed by atoms with van der Waals surface area (Å²) in [5.41, 5.74) is 3.59. The van der Waals surface area contributed by atoms with E-state index in [-0.39, 0.29) is 24.3 Å². The van der Waals surface area contributed by atoms with Crippen LogP contribution >= 0.6 is 0 Å². The Morgan fingerprint density at radius 3 is 2.06 bits per heavy atom. The van der Waals surface area contributed by atoms with Crippen molar-refractivity contribution in [2.45, 2.75) is 80.0 Å². The second-order valence-electron chi connectivity index (χ2n) is 10.6. The van der Waals surface area contributed by atoms with E-state index >= 15 is 0 Å². The van der Waals surface area contributed by atoms with Crippen molar-refractivity contribution in [3.63, 3.8) is 0 Å². The molecule has 7 nitrogen and oxygen atoms in total. The Hall–Kier alpha value is -3.35. The van der Waals surface area contributed by atoms with E-state index in [1.807, 2.05) is 84.0 Å². The first-order chi connectivity index (χ1) is 16.7. The van der Waals surface area contributed by atoms with Crippen LogP contribution in [0.15, 0.2) is 42.5 Å². The van der Waals surface area contributed by atoms with Crippen LogP contribution in [0.2, 0.25) is 0 Å². The number of likely N-dealkylation sites (N-methyl/N-ethyl adjacent to an activating group) is 1. The first kappa shape index (κ1) is 28.9. The van der Waals surface area contributed by atoms with Crippen LogP contribution in [0.5, 0.6) is 0 Å². The third kappa shape index (κ3) is 7.57. The Morgan fingerprint density at radius 2 is 1.56 bits per heavy atom. The quantitative estimate of drug-likeness (QED) is 0.492. The van der Waals surface area contributed by atoms with Gasteiger partial charge in [-0.05, 0) is 71.1 Å². The highest BCUT2D eigenvalue weighted by atomic mass is 16.6. The highest BCUT2D eigenvalue weighted by Crippen LogP contribution is 2.28. The van der Waals surface area contributed by atoms with Gasteiger partial charge in [0.15, 0.2) is 0 Å². The zero-order valence-corrected chi connectivity index (χ0v) is 23.1. The zero-order valence-electron chi connectivity index (χ0n) is 23.1. The van der Waals surface area contributed by atoms with E-state index in [0.29, 0.717) is 5.56 Å². The van der Waals surface area contributed by atoms with Gasteiger partial charge in [0.05, 0.1) is 0 Å². The Labute approximate surface area is 215 Å². The number of alkyl carbamates (subject to hydrolysis) is 1. The Balaban J connectivity index is 2.48. The molecular weight excluding hydrogens is 454 g/mol. The molecule has 2 atom stereocenters. The molecule has 196 valence electrons. The molecule has 0 saturated heterocycles. The summed E-state index contributed by atoms with van der Waals surface area (Å²) in [5.74, 6) is -0.881. The Kier molecular flexibility index (Phi) is 9.68. The average Bonchev–Trinajstić information content (AvgIpc) is 2.76. The van der Waals surface area contributed by atoms with Crippen LogP contribution in [-0.2, 0) is 14.3 Å². The number of aryl methyl sites for hydroxylation is 3. The molecule has 2 aromatic carbocycles. The van der Waals surface area contributed by atoms with E-state index in [9.17, 15) is 14.4 Å². The van der Waals surface area contributed by atoms with Gasteiger partial charge in [-0.15, -0.1) is 0 Å². The van der Waals surface area contributed by atoms with Crippen LogP contribution in [0.25, 0.3) is 0 Å². The summed E-state index contributed by atoms with van der Waals surface area (Å²) in [5, 5.41) is 5.79. The van der Waals surface area contributed by atoms with Crippen molar-refractivity contribution in [2.24, 2.45) is 5.92 Å². The summed E-state index contributed by atoms with van der Waals surface area (Å²) in [6.45, 7) is 16.9. The molecule has 0 heterocycles. The molecule has 0 aliphatic heterocycles. The van der Waals surface area contributed by atoms with Crippen LogP contribution in [-0.4, -0.2) is 41.0 Å². The predicted octanol–water partition coefficient (Wildman–Crippen LogP) is 5.69. The Bertz CT molecular complexity index is 1070. The zero-order chi connectivity index (χ0) is 27.2. The number of anilines is 1. The third-order valence-electron chi connectivity index (χ3n) is 5.88. The van der Waals surface area contributed by atoms with E-state index < -0.39 is 23.8 Å². The fourth-order valence-electron chi connectivity index (χ4n) is 4.11. The van der Waals surface area contributed by atoms with Gasteiger partial charge in [-0.25, -0.2) is 4.79 Å². The largest absolute Gasteiger partial charge is 0.444 e. The lowest BCUT2D eigenvalue weighted by molar-refractivity contribution is -0.141. The minimum atomic E-state index is -0.886. The maximum absolute atomic E-state index is 13.9. The predicted molar refractivity (Wildman–Crippen MR) is 144 cm³/mol. The van der Waals surface area contributed by atoms with Gasteiger partial charge in [-0.1, -0.05) is 61.9 Å². The summed E-state index contributed by atoms with van der Waals surface area (Å²) < 4.78 is 5.40. The van der Waals surface area contributed by atoms with Gasteiger partial charge in [0.25, 0.3) is 5.91 Å². The number of nitrogens with zero attached hydrogens (tertiary/aromatic N) is 1. The molecule has 36 heavy (non-hydrogen) atoms. The molecule has 0 aromatic heterocycles. The molecule has 7 heteroatoms. The summed E-state index contributed by atoms with van der Waals surface area (Å²) in [4.78, 5) is 41.8. The number of hydrogen-bond donors (Lipinski definition) is 2. The first-order valence-corrected chi connectivity index (χ1v) is 12.5. The lowest BCUT2D eigenvalue weighted by atomic mass is 9.97. The number of benzene rings is 2. The smallest absolute Gasteiger partial charge is 0.408 e. The number of nitrogens with one attached hydrogen (secondary N) is 2. The standard InChI is InChI=1S/C29H41N3O4/c1-10-32(27(34)23(18(2)3)31-28(35)36-29(7,8)9)25(22-16-11-13-19(4)17-22)26(33)30-24-20(5)14-12-15-21(24)6/h11-18,23,25H,10H2,1-9H3,(H,30,33)(H,31,35). The van der Waals surface area contributed by atoms with Crippen LogP contribution in [0.1, 0.15) is 69.8 Å². The molecule has 0 saturated carbocycles. The SMILES string of the molecule is CCN(C(=O)C(NC(=O)OC(C)(C)C)C(C)C)C(C(=O)Nc1c(C)cccc1C)c1cccc(C)c1. The topological polar surface area (TPSA) is 87.7 Å². The van der Waals surface area contributed by atoms with Gasteiger partial charge < -0.3 is 20.3 Å². The molecule has 0 aliphatic carbocycles. The number of rotatable bonds is 8. The van der Waals surface area contributed by atoms with Crippen LogP contribution in [0.3, 0.4) is 0 Å². The van der Waals surface area contributed by atoms with Gasteiger partial charge in [0.1, 0.15) is 17.7 Å². The summed E-state index contributed by atoms with van der Waals surface area (Å²) in [6, 6.07) is 11.7. The van der Waals surface area contributed by atoms with Gasteiger partial charge >= 0.3 is 6.09 Å². The lowest BCUT2D eigenvalue weighted by Gasteiger charge is -2.35. The van der Waals surface area contributed by atoms with Crippen molar-refractivity contribution in [1.29, 1.82) is 0 Å². The van der Waals surface area contributed by atoms with Gasteiger partial charge in [-0.3, -0.25) is 9.59 Å². The molecule has 0 aliphatic rings. The second-order valence-corrected chi connectivity index (χ2v) is 10.6. The molecule has 2 rings (SSSR count). The lowest BCUT2D eigenvalue weighted by Crippen LogP contribution is -2.54. The molecule has 2 aromatic rings.